The Balaban J connectivity index is 1.82. The Bertz CT molecular complexity index is 1120. The van der Waals surface area contributed by atoms with Gasteiger partial charge in [0, 0.05) is 36.4 Å². The number of carbonyl (C=O) groups is 1. The molecule has 0 aliphatic carbocycles. The molecule has 0 radical (unpaired) electrons. The minimum atomic E-state index is -0.143. The summed E-state index contributed by atoms with van der Waals surface area (Å²) in [6.07, 6.45) is 2.39. The van der Waals surface area contributed by atoms with Gasteiger partial charge < -0.3 is 5.32 Å². The van der Waals surface area contributed by atoms with Crippen LogP contribution in [0.4, 0.5) is 5.82 Å². The molecule has 1 N–H and O–H groups in total. The molecule has 1 aromatic carbocycles. The molecule has 0 saturated carbocycles. The first-order chi connectivity index (χ1) is 13.1. The Hall–Kier alpha value is -3.18. The van der Waals surface area contributed by atoms with E-state index in [1.54, 1.807) is 16.8 Å². The number of hydrogen-bond donors (Lipinski definition) is 1. The van der Waals surface area contributed by atoms with E-state index in [2.05, 4.69) is 10.3 Å². The van der Waals surface area contributed by atoms with Crippen LogP contribution >= 0.6 is 11.6 Å². The summed E-state index contributed by atoms with van der Waals surface area (Å²) in [5.74, 6) is 0.399. The van der Waals surface area contributed by atoms with Gasteiger partial charge in [0.15, 0.2) is 0 Å². The Labute approximate surface area is 161 Å². The third-order valence-electron chi connectivity index (χ3n) is 4.21. The van der Waals surface area contributed by atoms with Crippen molar-refractivity contribution in [2.24, 2.45) is 0 Å². The van der Waals surface area contributed by atoms with Crippen LogP contribution in [0.15, 0.2) is 66.9 Å². The van der Waals surface area contributed by atoms with Crippen molar-refractivity contribution in [3.63, 3.8) is 0 Å². The number of benzene rings is 1. The first kappa shape index (κ1) is 17.2. The molecule has 0 atom stereocenters. The molecule has 4 rings (SSSR count). The van der Waals surface area contributed by atoms with E-state index in [1.807, 2.05) is 54.6 Å². The molecule has 6 heteroatoms. The van der Waals surface area contributed by atoms with Crippen molar-refractivity contribution in [3.8, 4) is 11.3 Å². The van der Waals surface area contributed by atoms with Gasteiger partial charge in [-0.25, -0.2) is 9.50 Å². The lowest BCUT2D eigenvalue weighted by atomic mass is 10.0. The first-order valence-corrected chi connectivity index (χ1v) is 8.93. The van der Waals surface area contributed by atoms with Gasteiger partial charge in [0.25, 0.3) is 0 Å². The molecule has 0 aliphatic rings. The summed E-state index contributed by atoms with van der Waals surface area (Å²) in [5.41, 5.74) is 4.81. The van der Waals surface area contributed by atoms with Gasteiger partial charge in [0.1, 0.15) is 5.82 Å². The quantitative estimate of drug-likeness (QED) is 0.566. The second-order valence-electron chi connectivity index (χ2n) is 6.24. The van der Waals surface area contributed by atoms with Gasteiger partial charge in [-0.05, 0) is 24.3 Å². The van der Waals surface area contributed by atoms with Gasteiger partial charge in [-0.1, -0.05) is 48.0 Å². The highest BCUT2D eigenvalue weighted by molar-refractivity contribution is 6.30. The van der Waals surface area contributed by atoms with Crippen molar-refractivity contribution in [2.75, 3.05) is 5.32 Å². The molecule has 5 nitrogen and oxygen atoms in total. The molecule has 0 fully saturated rings. The van der Waals surface area contributed by atoms with E-state index < -0.39 is 0 Å². The molecule has 3 aromatic heterocycles. The number of pyridine rings is 2. The Morgan fingerprint density at radius 3 is 2.67 bits per heavy atom. The average Bonchev–Trinajstić information content (AvgIpc) is 2.99. The number of nitrogens with one attached hydrogen (secondary N) is 1. The van der Waals surface area contributed by atoms with Crippen molar-refractivity contribution < 1.29 is 4.79 Å². The minimum absolute atomic E-state index is 0.143. The first-order valence-electron chi connectivity index (χ1n) is 8.56. The molecule has 134 valence electrons. The fraction of sp³-hybridized carbons (Fsp3) is 0.0952. The number of nitrogens with zero attached hydrogens (tertiary/aromatic N) is 3. The Morgan fingerprint density at radius 2 is 1.89 bits per heavy atom. The fourth-order valence-electron chi connectivity index (χ4n) is 3.09. The second kappa shape index (κ2) is 7.21. The van der Waals surface area contributed by atoms with Crippen LogP contribution in [0.2, 0.25) is 5.02 Å². The van der Waals surface area contributed by atoms with E-state index in [0.29, 0.717) is 17.3 Å². The summed E-state index contributed by atoms with van der Waals surface area (Å²) in [6.45, 7) is 1.47. The topological polar surface area (TPSA) is 59.3 Å². The average molecular weight is 377 g/mol. The van der Waals surface area contributed by atoms with Crippen LogP contribution in [0.5, 0.6) is 0 Å². The smallest absolute Gasteiger partial charge is 0.222 e. The van der Waals surface area contributed by atoms with E-state index in [9.17, 15) is 4.79 Å². The lowest BCUT2D eigenvalue weighted by Gasteiger charge is -2.06. The molecule has 1 amide bonds. The van der Waals surface area contributed by atoms with Gasteiger partial charge >= 0.3 is 0 Å². The number of rotatable bonds is 4. The molecular formula is C21H17ClN4O. The summed E-state index contributed by atoms with van der Waals surface area (Å²) >= 11 is 6.14. The number of anilines is 1. The summed E-state index contributed by atoms with van der Waals surface area (Å²) in [6, 6.07) is 19.5. The third kappa shape index (κ3) is 3.68. The zero-order valence-electron chi connectivity index (χ0n) is 14.7. The fourth-order valence-corrected chi connectivity index (χ4v) is 3.24. The Kier molecular flexibility index (Phi) is 4.60. The highest BCUT2D eigenvalue weighted by Gasteiger charge is 2.16. The van der Waals surface area contributed by atoms with Crippen LogP contribution in [-0.2, 0) is 11.2 Å². The molecule has 0 bridgehead atoms. The van der Waals surface area contributed by atoms with Crippen LogP contribution < -0.4 is 5.32 Å². The maximum atomic E-state index is 11.3. The molecular weight excluding hydrogens is 360 g/mol. The lowest BCUT2D eigenvalue weighted by molar-refractivity contribution is -0.114. The largest absolute Gasteiger partial charge is 0.311 e. The van der Waals surface area contributed by atoms with Crippen LogP contribution in [0.3, 0.4) is 0 Å². The van der Waals surface area contributed by atoms with E-state index in [-0.39, 0.29) is 5.91 Å². The van der Waals surface area contributed by atoms with Crippen LogP contribution in [0.1, 0.15) is 18.2 Å². The van der Waals surface area contributed by atoms with E-state index in [4.69, 9.17) is 16.7 Å². The van der Waals surface area contributed by atoms with Gasteiger partial charge in [-0.15, -0.1) is 0 Å². The molecule has 0 aliphatic heterocycles. The van der Waals surface area contributed by atoms with Crippen molar-refractivity contribution in [1.82, 2.24) is 14.6 Å². The highest BCUT2D eigenvalue weighted by Crippen LogP contribution is 2.29. The van der Waals surface area contributed by atoms with Gasteiger partial charge in [0.05, 0.1) is 16.2 Å². The van der Waals surface area contributed by atoms with Crippen molar-refractivity contribution >= 4 is 28.8 Å². The summed E-state index contributed by atoms with van der Waals surface area (Å²) in [7, 11) is 0. The number of fused-ring (bicyclic) bond motifs is 1. The van der Waals surface area contributed by atoms with E-state index in [0.717, 1.165) is 28.0 Å². The monoisotopic (exact) mass is 376 g/mol. The number of aromatic nitrogens is 3. The van der Waals surface area contributed by atoms with Gasteiger partial charge in [0.2, 0.25) is 5.91 Å². The van der Waals surface area contributed by atoms with Gasteiger partial charge in [-0.3, -0.25) is 4.79 Å². The zero-order chi connectivity index (χ0) is 18.8. The normalized spacial score (nSPS) is 10.9. The summed E-state index contributed by atoms with van der Waals surface area (Å²) in [4.78, 5) is 15.9. The third-order valence-corrected chi connectivity index (χ3v) is 4.44. The second-order valence-corrected chi connectivity index (χ2v) is 6.68. The highest BCUT2D eigenvalue weighted by atomic mass is 35.5. The van der Waals surface area contributed by atoms with E-state index >= 15 is 0 Å². The standard InChI is InChI=1S/C21H17ClN4O/c1-14(27)23-20-9-5-8-17(24-20)12-18-19-11-10-16(22)13-26(19)25-21(18)15-6-3-2-4-7-15/h2-11,13H,12H2,1H3,(H,23,24,27). The summed E-state index contributed by atoms with van der Waals surface area (Å²) in [5, 5.41) is 8.10. The predicted molar refractivity (Wildman–Crippen MR) is 107 cm³/mol. The van der Waals surface area contributed by atoms with Crippen molar-refractivity contribution in [1.29, 1.82) is 0 Å². The van der Waals surface area contributed by atoms with Crippen molar-refractivity contribution in [3.05, 3.63) is 83.1 Å². The number of halogens is 1. The van der Waals surface area contributed by atoms with Gasteiger partial charge in [-0.2, -0.15) is 5.10 Å². The molecule has 4 aromatic rings. The number of amides is 1. The van der Waals surface area contributed by atoms with Crippen LogP contribution in [0.25, 0.3) is 16.8 Å². The zero-order valence-corrected chi connectivity index (χ0v) is 15.4. The summed E-state index contributed by atoms with van der Waals surface area (Å²) < 4.78 is 1.80. The molecule has 0 saturated heterocycles. The lowest BCUT2D eigenvalue weighted by Crippen LogP contribution is -2.08. The Morgan fingerprint density at radius 1 is 1.07 bits per heavy atom. The molecule has 0 unspecified atom stereocenters. The van der Waals surface area contributed by atoms with Crippen LogP contribution in [0, 0.1) is 0 Å². The minimum Gasteiger partial charge on any atom is -0.311 e. The molecule has 3 heterocycles. The van der Waals surface area contributed by atoms with Crippen molar-refractivity contribution in [2.45, 2.75) is 13.3 Å². The SMILES string of the molecule is CC(=O)Nc1cccc(Cc2c(-c3ccccc3)nn3cc(Cl)ccc23)n1. The van der Waals surface area contributed by atoms with E-state index in [1.165, 1.54) is 6.92 Å². The van der Waals surface area contributed by atoms with Crippen LogP contribution in [-0.4, -0.2) is 20.5 Å². The number of hydrogen-bond acceptors (Lipinski definition) is 3. The molecule has 27 heavy (non-hydrogen) atoms. The number of carbonyl (C=O) groups excluding carboxylic acids is 1. The molecule has 0 spiro atoms. The predicted octanol–water partition coefficient (Wildman–Crippen LogP) is 4.60. The maximum absolute atomic E-state index is 11.3. The maximum Gasteiger partial charge on any atom is 0.222 e.